The van der Waals surface area contributed by atoms with Gasteiger partial charge in [0.05, 0.1) is 5.52 Å². The van der Waals surface area contributed by atoms with E-state index in [2.05, 4.69) is 0 Å². The van der Waals surface area contributed by atoms with Crippen molar-refractivity contribution < 1.29 is 9.57 Å². The summed E-state index contributed by atoms with van der Waals surface area (Å²) < 4.78 is 6.04. The van der Waals surface area contributed by atoms with E-state index in [0.717, 1.165) is 16.5 Å². The zero-order valence-electron chi connectivity index (χ0n) is 9.27. The molecule has 0 aliphatic rings. The number of ether oxygens (including phenoxy) is 1. The molecule has 0 aliphatic carbocycles. The van der Waals surface area contributed by atoms with Gasteiger partial charge in [-0.15, -0.1) is 4.73 Å². The van der Waals surface area contributed by atoms with Gasteiger partial charge in [-0.05, 0) is 25.1 Å². The van der Waals surface area contributed by atoms with Gasteiger partial charge in [-0.25, -0.2) is 0 Å². The standard InChI is InChI=1S/C12H13NO3/c1-9-3-5-11-10(7-9)4-6-12(14)13(11)16-8-15-2/h3-7H,8H2,1-2H3. The second-order valence-electron chi connectivity index (χ2n) is 3.56. The predicted octanol–water partition coefficient (Wildman–Crippen LogP) is 1.34. The summed E-state index contributed by atoms with van der Waals surface area (Å²) in [6.07, 6.45) is 0. The number of aromatic nitrogens is 1. The highest BCUT2D eigenvalue weighted by molar-refractivity contribution is 5.79. The average Bonchev–Trinajstić information content (AvgIpc) is 2.28. The molecule has 0 N–H and O–H groups in total. The van der Waals surface area contributed by atoms with Gasteiger partial charge in [0.15, 0.2) is 0 Å². The van der Waals surface area contributed by atoms with Gasteiger partial charge in [0, 0.05) is 18.6 Å². The molecule has 1 heterocycles. The predicted molar refractivity (Wildman–Crippen MR) is 61.4 cm³/mol. The number of nitrogens with zero attached hydrogens (tertiary/aromatic N) is 1. The summed E-state index contributed by atoms with van der Waals surface area (Å²) in [6, 6.07) is 9.08. The summed E-state index contributed by atoms with van der Waals surface area (Å²) in [6.45, 7) is 2.05. The summed E-state index contributed by atoms with van der Waals surface area (Å²) in [5, 5.41) is 0.968. The molecule has 0 unspecified atom stereocenters. The summed E-state index contributed by atoms with van der Waals surface area (Å²) >= 11 is 0. The van der Waals surface area contributed by atoms with E-state index in [1.54, 1.807) is 6.07 Å². The van der Waals surface area contributed by atoms with Crippen molar-refractivity contribution in [3.8, 4) is 0 Å². The summed E-state index contributed by atoms with van der Waals surface area (Å²) in [5.41, 5.74) is 1.69. The van der Waals surface area contributed by atoms with Gasteiger partial charge in [-0.2, -0.15) is 0 Å². The van der Waals surface area contributed by atoms with Crippen molar-refractivity contribution in [2.75, 3.05) is 13.9 Å². The molecule has 2 rings (SSSR count). The van der Waals surface area contributed by atoms with E-state index in [4.69, 9.17) is 9.57 Å². The smallest absolute Gasteiger partial charge is 0.283 e. The Morgan fingerprint density at radius 2 is 2.06 bits per heavy atom. The van der Waals surface area contributed by atoms with Crippen molar-refractivity contribution in [3.63, 3.8) is 0 Å². The second-order valence-corrected chi connectivity index (χ2v) is 3.56. The number of methoxy groups -OCH3 is 1. The third-order valence-corrected chi connectivity index (χ3v) is 2.31. The first kappa shape index (κ1) is 10.7. The Bertz CT molecular complexity index is 560. The van der Waals surface area contributed by atoms with Crippen LogP contribution in [-0.4, -0.2) is 18.6 Å². The van der Waals surface area contributed by atoms with Crippen LogP contribution in [0.25, 0.3) is 10.9 Å². The zero-order chi connectivity index (χ0) is 11.5. The molecule has 1 aromatic heterocycles. The summed E-state index contributed by atoms with van der Waals surface area (Å²) in [5.74, 6) is 0. The van der Waals surface area contributed by atoms with Gasteiger partial charge >= 0.3 is 0 Å². The highest BCUT2D eigenvalue weighted by Crippen LogP contribution is 2.12. The zero-order valence-corrected chi connectivity index (χ0v) is 9.27. The molecule has 0 aliphatic heterocycles. The molecule has 0 fully saturated rings. The van der Waals surface area contributed by atoms with Crippen molar-refractivity contribution >= 4 is 10.9 Å². The van der Waals surface area contributed by atoms with E-state index in [1.807, 2.05) is 25.1 Å². The normalized spacial score (nSPS) is 10.6. The van der Waals surface area contributed by atoms with Crippen LogP contribution >= 0.6 is 0 Å². The van der Waals surface area contributed by atoms with Crippen molar-refractivity contribution in [2.24, 2.45) is 0 Å². The molecule has 1 aromatic carbocycles. The second kappa shape index (κ2) is 4.37. The van der Waals surface area contributed by atoms with Gasteiger partial charge in [0.2, 0.25) is 6.79 Å². The Balaban J connectivity index is 2.60. The van der Waals surface area contributed by atoms with Gasteiger partial charge in [0.25, 0.3) is 5.56 Å². The minimum absolute atomic E-state index is 0.0485. The molecule has 0 bridgehead atoms. The summed E-state index contributed by atoms with van der Waals surface area (Å²) in [7, 11) is 1.51. The number of benzene rings is 1. The molecular formula is C12H13NO3. The van der Waals surface area contributed by atoms with E-state index in [0.29, 0.717) is 0 Å². The van der Waals surface area contributed by atoms with Gasteiger partial charge in [0.1, 0.15) is 0 Å². The molecule has 84 valence electrons. The maximum Gasteiger partial charge on any atom is 0.283 e. The first-order valence-electron chi connectivity index (χ1n) is 4.97. The lowest BCUT2D eigenvalue weighted by atomic mass is 10.1. The number of hydrogen-bond acceptors (Lipinski definition) is 3. The van der Waals surface area contributed by atoms with Crippen LogP contribution in [-0.2, 0) is 4.74 Å². The van der Waals surface area contributed by atoms with Crippen LogP contribution in [0.1, 0.15) is 5.56 Å². The SMILES string of the molecule is COCOn1c(=O)ccc2cc(C)ccc21. The van der Waals surface area contributed by atoms with E-state index in [1.165, 1.54) is 17.9 Å². The maximum atomic E-state index is 11.6. The topological polar surface area (TPSA) is 40.5 Å². The third kappa shape index (κ3) is 1.92. The van der Waals surface area contributed by atoms with E-state index < -0.39 is 0 Å². The molecule has 2 aromatic rings. The van der Waals surface area contributed by atoms with E-state index in [9.17, 15) is 4.79 Å². The first-order valence-corrected chi connectivity index (χ1v) is 4.97. The Morgan fingerprint density at radius 1 is 1.25 bits per heavy atom. The molecular weight excluding hydrogens is 206 g/mol. The van der Waals surface area contributed by atoms with Crippen LogP contribution in [0.2, 0.25) is 0 Å². The highest BCUT2D eigenvalue weighted by Gasteiger charge is 2.03. The van der Waals surface area contributed by atoms with E-state index in [-0.39, 0.29) is 12.4 Å². The molecule has 16 heavy (non-hydrogen) atoms. The van der Waals surface area contributed by atoms with Crippen LogP contribution in [0, 0.1) is 6.92 Å². The maximum absolute atomic E-state index is 11.6. The lowest BCUT2D eigenvalue weighted by Gasteiger charge is -2.10. The molecule has 4 heteroatoms. The molecule has 0 radical (unpaired) electrons. The monoisotopic (exact) mass is 219 g/mol. The molecule has 0 spiro atoms. The van der Waals surface area contributed by atoms with Crippen molar-refractivity contribution in [2.45, 2.75) is 6.92 Å². The minimum atomic E-state index is -0.201. The number of rotatable bonds is 3. The first-order chi connectivity index (χ1) is 7.72. The fraction of sp³-hybridized carbons (Fsp3) is 0.250. The van der Waals surface area contributed by atoms with Crippen molar-refractivity contribution in [1.29, 1.82) is 0 Å². The Labute approximate surface area is 93.0 Å². The molecule has 0 saturated heterocycles. The Kier molecular flexibility index (Phi) is 2.92. The van der Waals surface area contributed by atoms with Crippen molar-refractivity contribution in [3.05, 3.63) is 46.2 Å². The number of aryl methyl sites for hydroxylation is 1. The molecule has 0 saturated carbocycles. The quantitative estimate of drug-likeness (QED) is 0.731. The van der Waals surface area contributed by atoms with Crippen LogP contribution in [0.4, 0.5) is 0 Å². The number of fused-ring (bicyclic) bond motifs is 1. The van der Waals surface area contributed by atoms with Crippen LogP contribution < -0.4 is 10.4 Å². The Hall–Kier alpha value is -1.81. The van der Waals surface area contributed by atoms with Crippen LogP contribution in [0.3, 0.4) is 0 Å². The summed E-state index contributed by atoms with van der Waals surface area (Å²) in [4.78, 5) is 16.8. The van der Waals surface area contributed by atoms with Gasteiger partial charge < -0.3 is 9.57 Å². The van der Waals surface area contributed by atoms with E-state index >= 15 is 0 Å². The van der Waals surface area contributed by atoms with Crippen LogP contribution in [0.5, 0.6) is 0 Å². The Morgan fingerprint density at radius 3 is 2.81 bits per heavy atom. The van der Waals surface area contributed by atoms with Gasteiger partial charge in [-0.1, -0.05) is 11.6 Å². The molecule has 4 nitrogen and oxygen atoms in total. The highest BCUT2D eigenvalue weighted by atomic mass is 16.8. The molecule has 0 atom stereocenters. The number of pyridine rings is 1. The lowest BCUT2D eigenvalue weighted by Crippen LogP contribution is -2.27. The molecule has 0 amide bonds. The minimum Gasteiger partial charge on any atom is -0.382 e. The van der Waals surface area contributed by atoms with Crippen molar-refractivity contribution in [1.82, 2.24) is 4.73 Å². The average molecular weight is 219 g/mol. The fourth-order valence-corrected chi connectivity index (χ4v) is 1.58. The fourth-order valence-electron chi connectivity index (χ4n) is 1.58. The third-order valence-electron chi connectivity index (χ3n) is 2.31. The van der Waals surface area contributed by atoms with Crippen LogP contribution in [0.15, 0.2) is 35.1 Å². The van der Waals surface area contributed by atoms with Gasteiger partial charge in [-0.3, -0.25) is 4.79 Å². The number of hydrogen-bond donors (Lipinski definition) is 0. The largest absolute Gasteiger partial charge is 0.382 e. The lowest BCUT2D eigenvalue weighted by molar-refractivity contribution is -0.0369.